The highest BCUT2D eigenvalue weighted by atomic mass is 35.5. The van der Waals surface area contributed by atoms with E-state index in [-0.39, 0.29) is 10.8 Å². The van der Waals surface area contributed by atoms with E-state index in [9.17, 15) is 0 Å². The van der Waals surface area contributed by atoms with Crippen LogP contribution in [0.15, 0.2) is 11.1 Å². The van der Waals surface area contributed by atoms with E-state index in [2.05, 4.69) is 0 Å². The maximum absolute atomic E-state index is 5.91. The van der Waals surface area contributed by atoms with Gasteiger partial charge in [-0.1, -0.05) is 24.6 Å². The van der Waals surface area contributed by atoms with Crippen LogP contribution in [-0.4, -0.2) is 16.6 Å². The van der Waals surface area contributed by atoms with Crippen molar-refractivity contribution in [2.24, 2.45) is 0 Å². The number of halogens is 4. The van der Waals surface area contributed by atoms with Crippen molar-refractivity contribution in [3.8, 4) is 0 Å². The quantitative estimate of drug-likeness (QED) is 0.635. The molecule has 0 aromatic heterocycles. The Hall–Kier alpha value is 0.900. The molecule has 2 unspecified atom stereocenters. The van der Waals surface area contributed by atoms with Crippen molar-refractivity contribution in [1.82, 2.24) is 0 Å². The van der Waals surface area contributed by atoms with E-state index < -0.39 is 0 Å². The van der Waals surface area contributed by atoms with Gasteiger partial charge in [-0.2, -0.15) is 0 Å². The summed E-state index contributed by atoms with van der Waals surface area (Å²) in [5.74, 6) is 0.368. The van der Waals surface area contributed by atoms with Gasteiger partial charge >= 0.3 is 0 Å². The van der Waals surface area contributed by atoms with Crippen molar-refractivity contribution in [1.29, 1.82) is 0 Å². The first-order valence-electron chi connectivity index (χ1n) is 3.80. The molecule has 0 radical (unpaired) electrons. The van der Waals surface area contributed by atoms with Gasteiger partial charge < -0.3 is 0 Å². The molecule has 0 aliphatic heterocycles. The molecule has 0 aromatic carbocycles. The van der Waals surface area contributed by atoms with E-state index >= 15 is 0 Å². The van der Waals surface area contributed by atoms with Gasteiger partial charge in [0.25, 0.3) is 0 Å². The highest BCUT2D eigenvalue weighted by Gasteiger charge is 2.13. The molecule has 0 saturated heterocycles. The molecule has 0 rings (SSSR count). The Balaban J connectivity index is 3.77. The van der Waals surface area contributed by atoms with Gasteiger partial charge in [0, 0.05) is 10.9 Å². The maximum Gasteiger partial charge on any atom is 0.0637 e. The minimum Gasteiger partial charge on any atom is -0.125 e. The van der Waals surface area contributed by atoms with Crippen LogP contribution in [0.3, 0.4) is 0 Å². The summed E-state index contributed by atoms with van der Waals surface area (Å²) in [6, 6.07) is 0. The zero-order valence-electron chi connectivity index (χ0n) is 6.87. The van der Waals surface area contributed by atoms with Crippen LogP contribution in [0, 0.1) is 0 Å². The fourth-order valence-corrected chi connectivity index (χ4v) is 1.31. The van der Waals surface area contributed by atoms with Crippen molar-refractivity contribution in [3.05, 3.63) is 11.1 Å². The van der Waals surface area contributed by atoms with Crippen LogP contribution >= 0.6 is 46.4 Å². The van der Waals surface area contributed by atoms with Gasteiger partial charge in [-0.05, 0) is 12.8 Å². The summed E-state index contributed by atoms with van der Waals surface area (Å²) in [6.45, 7) is 1.99. The Morgan fingerprint density at radius 2 is 1.92 bits per heavy atom. The van der Waals surface area contributed by atoms with E-state index in [1.54, 1.807) is 0 Å². The molecule has 0 aromatic rings. The zero-order valence-corrected chi connectivity index (χ0v) is 9.89. The standard InChI is InChI=1S/C8H12Cl4/c1-2-6(10)3-4-7(11)8(12)5-9/h3,7-8H,2,4-5H2,1H3. The largest absolute Gasteiger partial charge is 0.125 e. The van der Waals surface area contributed by atoms with E-state index in [4.69, 9.17) is 46.4 Å². The fourth-order valence-electron chi connectivity index (χ4n) is 0.629. The third-order valence-electron chi connectivity index (χ3n) is 1.44. The Labute approximate surface area is 93.8 Å². The number of hydrogen-bond acceptors (Lipinski definition) is 0. The molecule has 12 heavy (non-hydrogen) atoms. The average molecular weight is 250 g/mol. The topological polar surface area (TPSA) is 0 Å². The van der Waals surface area contributed by atoms with Crippen molar-refractivity contribution in [2.75, 3.05) is 5.88 Å². The number of hydrogen-bond donors (Lipinski definition) is 0. The van der Waals surface area contributed by atoms with E-state index in [0.29, 0.717) is 12.3 Å². The van der Waals surface area contributed by atoms with Crippen LogP contribution in [0.4, 0.5) is 0 Å². The summed E-state index contributed by atoms with van der Waals surface area (Å²) >= 11 is 23.0. The first-order chi connectivity index (χ1) is 5.61. The molecule has 0 nitrogen and oxygen atoms in total. The normalized spacial score (nSPS) is 17.6. The lowest BCUT2D eigenvalue weighted by Gasteiger charge is -2.10. The van der Waals surface area contributed by atoms with Crippen LogP contribution in [0.1, 0.15) is 19.8 Å². The van der Waals surface area contributed by atoms with Gasteiger partial charge in [0.05, 0.1) is 10.8 Å². The van der Waals surface area contributed by atoms with Crippen molar-refractivity contribution >= 4 is 46.4 Å². The van der Waals surface area contributed by atoms with Crippen LogP contribution in [0.25, 0.3) is 0 Å². The summed E-state index contributed by atoms with van der Waals surface area (Å²) in [5, 5.41) is 0.495. The van der Waals surface area contributed by atoms with Crippen LogP contribution in [-0.2, 0) is 0 Å². The zero-order chi connectivity index (χ0) is 9.56. The summed E-state index contributed by atoms with van der Waals surface area (Å²) in [5.41, 5.74) is 0. The van der Waals surface area contributed by atoms with Crippen LogP contribution in [0.5, 0.6) is 0 Å². The van der Waals surface area contributed by atoms with Gasteiger partial charge in [-0.25, -0.2) is 0 Å². The minimum absolute atomic E-state index is 0.135. The molecular weight excluding hydrogens is 238 g/mol. The van der Waals surface area contributed by atoms with Gasteiger partial charge in [0.2, 0.25) is 0 Å². The third kappa shape index (κ3) is 5.53. The van der Waals surface area contributed by atoms with Gasteiger partial charge in [0.15, 0.2) is 0 Å². The SMILES string of the molecule is CCC(Cl)=CCC(Cl)C(Cl)CCl. The van der Waals surface area contributed by atoms with E-state index in [0.717, 1.165) is 11.5 Å². The highest BCUT2D eigenvalue weighted by molar-refractivity contribution is 6.34. The molecule has 72 valence electrons. The molecule has 0 saturated carbocycles. The van der Waals surface area contributed by atoms with Crippen molar-refractivity contribution < 1.29 is 0 Å². The van der Waals surface area contributed by atoms with Crippen LogP contribution in [0.2, 0.25) is 0 Å². The monoisotopic (exact) mass is 248 g/mol. The fraction of sp³-hybridized carbons (Fsp3) is 0.750. The predicted molar refractivity (Wildman–Crippen MR) is 58.8 cm³/mol. The minimum atomic E-state index is -0.189. The van der Waals surface area contributed by atoms with E-state index in [1.165, 1.54) is 0 Å². The Bertz CT molecular complexity index is 144. The lowest BCUT2D eigenvalue weighted by Crippen LogP contribution is -2.15. The van der Waals surface area contributed by atoms with E-state index in [1.807, 2.05) is 13.0 Å². The summed E-state index contributed by atoms with van der Waals surface area (Å²) in [4.78, 5) is 0. The lowest BCUT2D eigenvalue weighted by atomic mass is 10.2. The average Bonchev–Trinajstić information content (AvgIpc) is 2.11. The Morgan fingerprint density at radius 3 is 2.33 bits per heavy atom. The summed E-state index contributed by atoms with van der Waals surface area (Å²) < 4.78 is 0. The smallest absolute Gasteiger partial charge is 0.0637 e. The Kier molecular flexibility index (Phi) is 7.87. The van der Waals surface area contributed by atoms with Crippen LogP contribution < -0.4 is 0 Å². The molecule has 0 N–H and O–H groups in total. The molecule has 0 amide bonds. The maximum atomic E-state index is 5.91. The second-order valence-corrected chi connectivity index (χ2v) is 4.34. The molecular formula is C8H12Cl4. The molecule has 0 heterocycles. The summed E-state index contributed by atoms with van der Waals surface area (Å²) in [6.07, 6.45) is 3.40. The van der Waals surface area contributed by atoms with Crippen molar-refractivity contribution in [3.63, 3.8) is 0 Å². The second kappa shape index (κ2) is 7.32. The second-order valence-electron chi connectivity index (χ2n) is 2.43. The summed E-state index contributed by atoms with van der Waals surface area (Å²) in [7, 11) is 0. The van der Waals surface area contributed by atoms with Gasteiger partial charge in [-0.3, -0.25) is 0 Å². The number of allylic oxidation sites excluding steroid dienone is 2. The molecule has 0 bridgehead atoms. The first-order valence-corrected chi connectivity index (χ1v) is 5.59. The molecule has 2 atom stereocenters. The molecule has 4 heteroatoms. The molecule has 0 aliphatic carbocycles. The predicted octanol–water partition coefficient (Wildman–Crippen LogP) is 4.36. The Morgan fingerprint density at radius 1 is 1.33 bits per heavy atom. The van der Waals surface area contributed by atoms with Gasteiger partial charge in [0.1, 0.15) is 0 Å². The molecule has 0 aliphatic rings. The first kappa shape index (κ1) is 12.9. The van der Waals surface area contributed by atoms with Gasteiger partial charge in [-0.15, -0.1) is 34.8 Å². The van der Waals surface area contributed by atoms with Crippen molar-refractivity contribution in [2.45, 2.75) is 30.5 Å². The third-order valence-corrected chi connectivity index (χ3v) is 3.42. The molecule has 0 fully saturated rings. The molecule has 0 spiro atoms. The lowest BCUT2D eigenvalue weighted by molar-refractivity contribution is 0.834. The number of alkyl halides is 3. The number of rotatable bonds is 5. The highest BCUT2D eigenvalue weighted by Crippen LogP contribution is 2.18.